The Morgan fingerprint density at radius 1 is 1.50 bits per heavy atom. The Kier molecular flexibility index (Phi) is 3.93. The molecule has 0 fully saturated rings. The Hall–Kier alpha value is -1.98. The molecule has 0 aliphatic heterocycles. The predicted octanol–water partition coefficient (Wildman–Crippen LogP) is 1.66. The minimum atomic E-state index is -1.19. The second-order valence-corrected chi connectivity index (χ2v) is 3.33. The molecule has 0 saturated carbocycles. The molecule has 86 valence electrons. The van der Waals surface area contributed by atoms with Gasteiger partial charge in [0.1, 0.15) is 5.82 Å². The van der Waals surface area contributed by atoms with Gasteiger partial charge in [-0.1, -0.05) is 18.2 Å². The molecule has 0 aliphatic rings. The van der Waals surface area contributed by atoms with Crippen LogP contribution in [0.15, 0.2) is 24.3 Å². The summed E-state index contributed by atoms with van der Waals surface area (Å²) >= 11 is 0. The number of rotatable bonds is 5. The molecule has 0 aromatic heterocycles. The van der Waals surface area contributed by atoms with Gasteiger partial charge in [0, 0.05) is 4.92 Å². The zero-order valence-corrected chi connectivity index (χ0v) is 8.30. The smallest absolute Gasteiger partial charge is 0.304 e. The molecule has 1 rings (SSSR count). The zero-order valence-electron chi connectivity index (χ0n) is 8.30. The SMILES string of the molecule is O=C(O)C[C@H](C[N+](=O)[O-])c1ccccc1F. The van der Waals surface area contributed by atoms with Crippen LogP contribution in [-0.2, 0) is 4.79 Å². The molecule has 0 unspecified atom stereocenters. The Morgan fingerprint density at radius 2 is 2.12 bits per heavy atom. The van der Waals surface area contributed by atoms with Crippen molar-refractivity contribution in [3.8, 4) is 0 Å². The van der Waals surface area contributed by atoms with E-state index in [1.165, 1.54) is 18.2 Å². The highest BCUT2D eigenvalue weighted by Gasteiger charge is 2.23. The van der Waals surface area contributed by atoms with Gasteiger partial charge in [0.2, 0.25) is 6.54 Å². The van der Waals surface area contributed by atoms with Gasteiger partial charge in [-0.3, -0.25) is 14.9 Å². The lowest BCUT2D eigenvalue weighted by Gasteiger charge is -2.11. The van der Waals surface area contributed by atoms with Gasteiger partial charge >= 0.3 is 5.97 Å². The van der Waals surface area contributed by atoms with Crippen molar-refractivity contribution >= 4 is 5.97 Å². The molecule has 6 heteroatoms. The molecule has 0 saturated heterocycles. The van der Waals surface area contributed by atoms with Crippen LogP contribution in [0.25, 0.3) is 0 Å². The van der Waals surface area contributed by atoms with Gasteiger partial charge < -0.3 is 5.11 Å². The molecule has 0 heterocycles. The summed E-state index contributed by atoms with van der Waals surface area (Å²) < 4.78 is 13.3. The number of hydrogen-bond acceptors (Lipinski definition) is 3. The molecule has 5 nitrogen and oxygen atoms in total. The molecule has 0 radical (unpaired) electrons. The minimum Gasteiger partial charge on any atom is -0.481 e. The second kappa shape index (κ2) is 5.20. The van der Waals surface area contributed by atoms with Crippen molar-refractivity contribution in [2.24, 2.45) is 0 Å². The maximum absolute atomic E-state index is 13.3. The summed E-state index contributed by atoms with van der Waals surface area (Å²) in [6, 6.07) is 5.49. The molecule has 0 aliphatic carbocycles. The Morgan fingerprint density at radius 3 is 2.62 bits per heavy atom. The maximum atomic E-state index is 13.3. The van der Waals surface area contributed by atoms with Crippen molar-refractivity contribution < 1.29 is 19.2 Å². The molecular weight excluding hydrogens is 217 g/mol. The van der Waals surface area contributed by atoms with Crippen LogP contribution in [0.4, 0.5) is 4.39 Å². The summed E-state index contributed by atoms with van der Waals surface area (Å²) in [5.41, 5.74) is 0.0709. The number of benzene rings is 1. The molecule has 1 atom stereocenters. The van der Waals surface area contributed by atoms with Crippen LogP contribution in [0.1, 0.15) is 17.9 Å². The van der Waals surface area contributed by atoms with Crippen molar-refractivity contribution in [3.05, 3.63) is 45.8 Å². The van der Waals surface area contributed by atoms with Gasteiger partial charge in [-0.15, -0.1) is 0 Å². The van der Waals surface area contributed by atoms with Gasteiger partial charge in [-0.25, -0.2) is 4.39 Å². The lowest BCUT2D eigenvalue weighted by molar-refractivity contribution is -0.483. The van der Waals surface area contributed by atoms with Gasteiger partial charge in [0.15, 0.2) is 0 Å². The largest absolute Gasteiger partial charge is 0.481 e. The molecule has 1 aromatic carbocycles. The Balaban J connectivity index is 2.96. The summed E-state index contributed by atoms with van der Waals surface area (Å²) in [6.07, 6.45) is -0.456. The van der Waals surface area contributed by atoms with E-state index in [4.69, 9.17) is 5.11 Å². The van der Waals surface area contributed by atoms with Crippen molar-refractivity contribution in [2.45, 2.75) is 12.3 Å². The Bertz CT molecular complexity index is 392. The topological polar surface area (TPSA) is 80.4 Å². The van der Waals surface area contributed by atoms with Crippen molar-refractivity contribution in [3.63, 3.8) is 0 Å². The number of nitro groups is 1. The molecule has 1 aromatic rings. The molecule has 1 N–H and O–H groups in total. The van der Waals surface area contributed by atoms with Crippen molar-refractivity contribution in [1.29, 1.82) is 0 Å². The highest BCUT2D eigenvalue weighted by Crippen LogP contribution is 2.22. The summed E-state index contributed by atoms with van der Waals surface area (Å²) in [6.45, 7) is -0.590. The third-order valence-corrected chi connectivity index (χ3v) is 2.14. The number of carbonyl (C=O) groups is 1. The van der Waals surface area contributed by atoms with Crippen molar-refractivity contribution in [1.82, 2.24) is 0 Å². The van der Waals surface area contributed by atoms with E-state index < -0.39 is 35.6 Å². The number of carboxylic acid groups (broad SMARTS) is 1. The summed E-state index contributed by atoms with van der Waals surface area (Å²) in [7, 11) is 0. The van der Waals surface area contributed by atoms with Gasteiger partial charge in [-0.05, 0) is 11.6 Å². The fourth-order valence-corrected chi connectivity index (χ4v) is 1.47. The first-order chi connectivity index (χ1) is 7.50. The number of aliphatic carboxylic acids is 1. The standard InChI is InChI=1S/C10H10FNO4/c11-9-4-2-1-3-8(9)7(5-10(13)14)6-12(15)16/h1-4,7H,5-6H2,(H,13,14)/t7-/m1/s1. The molecule has 0 bridgehead atoms. The van der Waals surface area contributed by atoms with E-state index in [2.05, 4.69) is 0 Å². The highest BCUT2D eigenvalue weighted by atomic mass is 19.1. The first-order valence-corrected chi connectivity index (χ1v) is 4.58. The summed E-state index contributed by atoms with van der Waals surface area (Å²) in [5, 5.41) is 19.0. The fraction of sp³-hybridized carbons (Fsp3) is 0.300. The lowest BCUT2D eigenvalue weighted by atomic mass is 9.95. The molecular formula is C10H10FNO4. The second-order valence-electron chi connectivity index (χ2n) is 3.33. The van der Waals surface area contributed by atoms with E-state index in [0.29, 0.717) is 0 Å². The van der Waals surface area contributed by atoms with Crippen LogP contribution in [0.3, 0.4) is 0 Å². The highest BCUT2D eigenvalue weighted by molar-refractivity contribution is 5.68. The van der Waals surface area contributed by atoms with E-state index >= 15 is 0 Å². The van der Waals surface area contributed by atoms with Crippen LogP contribution < -0.4 is 0 Å². The number of halogens is 1. The first-order valence-electron chi connectivity index (χ1n) is 4.58. The monoisotopic (exact) mass is 227 g/mol. The molecule has 16 heavy (non-hydrogen) atoms. The Labute approximate surface area is 90.7 Å². The first kappa shape index (κ1) is 12.1. The van der Waals surface area contributed by atoms with E-state index in [1.54, 1.807) is 0 Å². The van der Waals surface area contributed by atoms with E-state index in [-0.39, 0.29) is 5.56 Å². The third kappa shape index (κ3) is 3.30. The number of carboxylic acids is 1. The maximum Gasteiger partial charge on any atom is 0.304 e. The van der Waals surface area contributed by atoms with Crippen molar-refractivity contribution in [2.75, 3.05) is 6.54 Å². The third-order valence-electron chi connectivity index (χ3n) is 2.14. The normalized spacial score (nSPS) is 12.1. The van der Waals surface area contributed by atoms with Crippen LogP contribution >= 0.6 is 0 Å². The van der Waals surface area contributed by atoms with Crippen LogP contribution in [0, 0.1) is 15.9 Å². The zero-order chi connectivity index (χ0) is 12.1. The minimum absolute atomic E-state index is 0.0709. The average Bonchev–Trinajstić information content (AvgIpc) is 2.15. The number of hydrogen-bond donors (Lipinski definition) is 1. The summed E-state index contributed by atoms with van der Waals surface area (Å²) in [4.78, 5) is 20.3. The van der Waals surface area contributed by atoms with Gasteiger partial charge in [0.05, 0.1) is 12.3 Å². The average molecular weight is 227 g/mol. The van der Waals surface area contributed by atoms with E-state index in [1.807, 2.05) is 0 Å². The van der Waals surface area contributed by atoms with Crippen LogP contribution in [0.2, 0.25) is 0 Å². The van der Waals surface area contributed by atoms with Crippen LogP contribution in [-0.4, -0.2) is 22.5 Å². The lowest BCUT2D eigenvalue weighted by Crippen LogP contribution is -2.17. The predicted molar refractivity (Wildman–Crippen MR) is 53.3 cm³/mol. The van der Waals surface area contributed by atoms with E-state index in [0.717, 1.165) is 6.07 Å². The molecule has 0 amide bonds. The summed E-state index contributed by atoms with van der Waals surface area (Å²) in [5.74, 6) is -2.74. The quantitative estimate of drug-likeness (QED) is 0.612. The molecule has 0 spiro atoms. The fourth-order valence-electron chi connectivity index (χ4n) is 1.47. The number of nitrogens with zero attached hydrogens (tertiary/aromatic N) is 1. The van der Waals surface area contributed by atoms with Gasteiger partial charge in [0.25, 0.3) is 0 Å². The van der Waals surface area contributed by atoms with Gasteiger partial charge in [-0.2, -0.15) is 0 Å². The van der Waals surface area contributed by atoms with Crippen LogP contribution in [0.5, 0.6) is 0 Å². The van der Waals surface area contributed by atoms with E-state index in [9.17, 15) is 19.3 Å².